The van der Waals surface area contributed by atoms with Crippen molar-refractivity contribution in [1.29, 1.82) is 0 Å². The summed E-state index contributed by atoms with van der Waals surface area (Å²) in [5.41, 5.74) is 2.78. The summed E-state index contributed by atoms with van der Waals surface area (Å²) >= 11 is 1.25. The van der Waals surface area contributed by atoms with Crippen molar-refractivity contribution < 1.29 is 18.0 Å². The SMILES string of the molecule is CNC(=O)c1ccc(CNC(=O)c2ccc3c(c2)SC2=NS(=O)(=O)CCN23)cc1. The van der Waals surface area contributed by atoms with Crippen LogP contribution in [0.15, 0.2) is 51.8 Å². The Bertz CT molecular complexity index is 1130. The number of sulfonamides is 1. The lowest BCUT2D eigenvalue weighted by Crippen LogP contribution is -2.35. The summed E-state index contributed by atoms with van der Waals surface area (Å²) in [6, 6.07) is 12.3. The van der Waals surface area contributed by atoms with Crippen LogP contribution in [0, 0.1) is 0 Å². The van der Waals surface area contributed by atoms with E-state index in [0.717, 1.165) is 16.1 Å². The van der Waals surface area contributed by atoms with Crippen molar-refractivity contribution in [3.8, 4) is 0 Å². The largest absolute Gasteiger partial charge is 0.355 e. The number of nitrogens with zero attached hydrogens (tertiary/aromatic N) is 2. The second kappa shape index (κ2) is 7.53. The lowest BCUT2D eigenvalue weighted by atomic mass is 10.1. The third-order valence-corrected chi connectivity index (χ3v) is 6.94. The van der Waals surface area contributed by atoms with Crippen LogP contribution in [0.4, 0.5) is 5.69 Å². The fourth-order valence-corrected chi connectivity index (χ4v) is 5.37. The van der Waals surface area contributed by atoms with E-state index in [1.807, 2.05) is 11.0 Å². The third-order valence-electron chi connectivity index (χ3n) is 4.63. The fraction of sp³-hybridized carbons (Fsp3) is 0.211. The number of rotatable bonds is 4. The molecule has 2 N–H and O–H groups in total. The third kappa shape index (κ3) is 3.99. The summed E-state index contributed by atoms with van der Waals surface area (Å²) in [5.74, 6) is -0.412. The van der Waals surface area contributed by atoms with E-state index < -0.39 is 10.0 Å². The number of nitrogens with one attached hydrogen (secondary N) is 2. The Morgan fingerprint density at radius 1 is 1.10 bits per heavy atom. The Morgan fingerprint density at radius 3 is 2.55 bits per heavy atom. The first-order valence-corrected chi connectivity index (χ1v) is 11.3. The number of amidine groups is 1. The lowest BCUT2D eigenvalue weighted by molar-refractivity contribution is 0.0946. The van der Waals surface area contributed by atoms with E-state index in [0.29, 0.717) is 29.4 Å². The van der Waals surface area contributed by atoms with Gasteiger partial charge in [-0.3, -0.25) is 9.59 Å². The molecule has 2 aliphatic heterocycles. The minimum atomic E-state index is -3.41. The fourth-order valence-electron chi connectivity index (χ4n) is 3.07. The summed E-state index contributed by atoms with van der Waals surface area (Å²) in [4.78, 5) is 26.8. The van der Waals surface area contributed by atoms with E-state index in [4.69, 9.17) is 0 Å². The number of anilines is 1. The zero-order chi connectivity index (χ0) is 20.6. The van der Waals surface area contributed by atoms with Crippen LogP contribution in [0.5, 0.6) is 0 Å². The highest BCUT2D eigenvalue weighted by Gasteiger charge is 2.33. The van der Waals surface area contributed by atoms with E-state index in [1.165, 1.54) is 11.8 Å². The van der Waals surface area contributed by atoms with Gasteiger partial charge < -0.3 is 15.5 Å². The Labute approximate surface area is 172 Å². The number of amides is 2. The first kappa shape index (κ1) is 19.5. The van der Waals surface area contributed by atoms with Gasteiger partial charge in [0, 0.05) is 36.2 Å². The summed E-state index contributed by atoms with van der Waals surface area (Å²) in [6.45, 7) is 0.687. The monoisotopic (exact) mass is 430 g/mol. The molecule has 2 amide bonds. The smallest absolute Gasteiger partial charge is 0.257 e. The predicted molar refractivity (Wildman–Crippen MR) is 112 cm³/mol. The molecule has 0 fully saturated rings. The minimum Gasteiger partial charge on any atom is -0.355 e. The van der Waals surface area contributed by atoms with E-state index in [1.54, 1.807) is 43.4 Å². The number of hydrogen-bond acceptors (Lipinski definition) is 6. The van der Waals surface area contributed by atoms with Gasteiger partial charge in [0.2, 0.25) is 0 Å². The first-order valence-electron chi connectivity index (χ1n) is 8.87. The molecule has 4 rings (SSSR count). The minimum absolute atomic E-state index is 0.0164. The highest BCUT2D eigenvalue weighted by atomic mass is 32.2. The maximum atomic E-state index is 12.5. The number of carbonyl (C=O) groups is 2. The number of thioether (sulfide) groups is 1. The second-order valence-electron chi connectivity index (χ2n) is 6.55. The molecule has 0 atom stereocenters. The molecule has 0 unspecified atom stereocenters. The molecule has 29 heavy (non-hydrogen) atoms. The van der Waals surface area contributed by atoms with Gasteiger partial charge in [0.1, 0.15) is 0 Å². The van der Waals surface area contributed by atoms with Crippen molar-refractivity contribution in [2.45, 2.75) is 11.4 Å². The van der Waals surface area contributed by atoms with Gasteiger partial charge in [-0.15, -0.1) is 4.40 Å². The van der Waals surface area contributed by atoms with Crippen molar-refractivity contribution in [3.63, 3.8) is 0 Å². The van der Waals surface area contributed by atoms with Gasteiger partial charge in [-0.05, 0) is 47.7 Å². The van der Waals surface area contributed by atoms with E-state index >= 15 is 0 Å². The molecular weight excluding hydrogens is 412 g/mol. The second-order valence-corrected chi connectivity index (χ2v) is 9.32. The van der Waals surface area contributed by atoms with Crippen molar-refractivity contribution in [1.82, 2.24) is 10.6 Å². The molecule has 0 saturated heterocycles. The van der Waals surface area contributed by atoms with Gasteiger partial charge in [0.05, 0.1) is 11.4 Å². The Balaban J connectivity index is 1.44. The van der Waals surface area contributed by atoms with Crippen molar-refractivity contribution in [2.24, 2.45) is 4.40 Å². The summed E-state index contributed by atoms with van der Waals surface area (Å²) in [6.07, 6.45) is 0. The molecule has 2 aromatic rings. The van der Waals surface area contributed by atoms with Gasteiger partial charge in [-0.2, -0.15) is 0 Å². The molecule has 150 valence electrons. The molecule has 0 aliphatic carbocycles. The van der Waals surface area contributed by atoms with Crippen LogP contribution in [0.25, 0.3) is 0 Å². The highest BCUT2D eigenvalue weighted by molar-refractivity contribution is 8.15. The summed E-state index contributed by atoms with van der Waals surface area (Å²) < 4.78 is 27.2. The molecule has 0 aromatic heterocycles. The number of carbonyl (C=O) groups excluding carboxylic acids is 2. The van der Waals surface area contributed by atoms with E-state index in [2.05, 4.69) is 15.0 Å². The molecule has 2 aliphatic rings. The normalized spacial score (nSPS) is 16.4. The van der Waals surface area contributed by atoms with Gasteiger partial charge in [0.15, 0.2) is 5.17 Å². The molecule has 8 nitrogen and oxygen atoms in total. The van der Waals surface area contributed by atoms with Crippen molar-refractivity contribution >= 4 is 44.5 Å². The maximum absolute atomic E-state index is 12.5. The highest BCUT2D eigenvalue weighted by Crippen LogP contribution is 2.42. The zero-order valence-corrected chi connectivity index (χ0v) is 17.1. The standard InChI is InChI=1S/C19H18N4O4S2/c1-20-17(24)13-4-2-12(3-5-13)11-21-18(25)14-6-7-15-16(10-14)28-19-22-29(26,27)9-8-23(15)19/h2-7,10H,8-9,11H2,1H3,(H,20,24)(H,21,25). The molecule has 10 heteroatoms. The van der Waals surface area contributed by atoms with Crippen LogP contribution >= 0.6 is 11.8 Å². The maximum Gasteiger partial charge on any atom is 0.257 e. The van der Waals surface area contributed by atoms with Crippen LogP contribution in [-0.4, -0.2) is 44.7 Å². The zero-order valence-electron chi connectivity index (χ0n) is 15.5. The van der Waals surface area contributed by atoms with Crippen LogP contribution in [0.2, 0.25) is 0 Å². The van der Waals surface area contributed by atoms with Gasteiger partial charge in [-0.1, -0.05) is 12.1 Å². The van der Waals surface area contributed by atoms with Gasteiger partial charge >= 0.3 is 0 Å². The molecule has 2 aromatic carbocycles. The number of fused-ring (bicyclic) bond motifs is 3. The Kier molecular flexibility index (Phi) is 5.05. The summed E-state index contributed by atoms with van der Waals surface area (Å²) in [5, 5.41) is 5.85. The van der Waals surface area contributed by atoms with Crippen LogP contribution in [0.3, 0.4) is 0 Å². The molecule has 0 saturated carbocycles. The van der Waals surface area contributed by atoms with Gasteiger partial charge in [0.25, 0.3) is 21.8 Å². The van der Waals surface area contributed by atoms with Gasteiger partial charge in [-0.25, -0.2) is 8.42 Å². The quantitative estimate of drug-likeness (QED) is 0.763. The first-order chi connectivity index (χ1) is 13.9. The van der Waals surface area contributed by atoms with E-state index in [9.17, 15) is 18.0 Å². The summed E-state index contributed by atoms with van der Waals surface area (Å²) in [7, 11) is -1.84. The molecular formula is C19H18N4O4S2. The molecule has 0 spiro atoms. The number of benzene rings is 2. The molecule has 0 radical (unpaired) electrons. The Hall–Kier alpha value is -2.85. The topological polar surface area (TPSA) is 108 Å². The number of hydrogen-bond donors (Lipinski definition) is 2. The molecule has 2 heterocycles. The average molecular weight is 431 g/mol. The van der Waals surface area contributed by atoms with E-state index in [-0.39, 0.29) is 17.6 Å². The Morgan fingerprint density at radius 2 is 1.83 bits per heavy atom. The average Bonchev–Trinajstić information content (AvgIpc) is 3.07. The molecule has 0 bridgehead atoms. The van der Waals surface area contributed by atoms with Crippen LogP contribution < -0.4 is 15.5 Å². The van der Waals surface area contributed by atoms with Crippen molar-refractivity contribution in [2.75, 3.05) is 24.2 Å². The van der Waals surface area contributed by atoms with Crippen LogP contribution in [-0.2, 0) is 16.6 Å². The predicted octanol–water partition coefficient (Wildman–Crippen LogP) is 1.59. The lowest BCUT2D eigenvalue weighted by Gasteiger charge is -2.22. The van der Waals surface area contributed by atoms with Crippen LogP contribution in [0.1, 0.15) is 26.3 Å². The van der Waals surface area contributed by atoms with Crippen molar-refractivity contribution in [3.05, 3.63) is 59.2 Å².